The number of nitrogens with zero attached hydrogens (tertiary/aromatic N) is 1. The molecule has 130 valence electrons. The van der Waals surface area contributed by atoms with E-state index in [9.17, 15) is 26.4 Å². The molecule has 0 aliphatic heterocycles. The van der Waals surface area contributed by atoms with Gasteiger partial charge in [0.2, 0.25) is 5.91 Å². The van der Waals surface area contributed by atoms with E-state index in [4.69, 9.17) is 4.52 Å². The van der Waals surface area contributed by atoms with Crippen molar-refractivity contribution in [1.82, 2.24) is 9.88 Å². The van der Waals surface area contributed by atoms with Crippen LogP contribution in [0.2, 0.25) is 0 Å². The Labute approximate surface area is 131 Å². The second-order valence-electron chi connectivity index (χ2n) is 5.73. The molecular formula is C13H17F3N2O4S. The standard InChI is InChI=1S/C13H17F3N2O4S/c1-7-11(8(2)22-17-7)23(20,21)18-12(19)9-4-3-5-10(6-9)13(14,15)16/h9-10H,3-6H2,1-2H3,(H,18,19). The molecule has 1 N–H and O–H groups in total. The van der Waals surface area contributed by atoms with Gasteiger partial charge in [-0.15, -0.1) is 0 Å². The summed E-state index contributed by atoms with van der Waals surface area (Å²) in [6.07, 6.45) is -4.35. The minimum atomic E-state index is -4.38. The zero-order valence-electron chi connectivity index (χ0n) is 12.6. The fraction of sp³-hybridized carbons (Fsp3) is 0.692. The monoisotopic (exact) mass is 354 g/mol. The van der Waals surface area contributed by atoms with Crippen LogP contribution in [0.4, 0.5) is 13.2 Å². The summed E-state index contributed by atoms with van der Waals surface area (Å²) in [4.78, 5) is 11.8. The first kappa shape index (κ1) is 17.8. The van der Waals surface area contributed by atoms with Gasteiger partial charge in [-0.05, 0) is 33.1 Å². The predicted octanol–water partition coefficient (Wildman–Crippen LogP) is 2.47. The van der Waals surface area contributed by atoms with Crippen LogP contribution in [0.25, 0.3) is 0 Å². The maximum Gasteiger partial charge on any atom is 0.391 e. The Morgan fingerprint density at radius 3 is 2.48 bits per heavy atom. The van der Waals surface area contributed by atoms with Crippen molar-refractivity contribution in [2.45, 2.75) is 50.6 Å². The first-order chi connectivity index (χ1) is 10.5. The highest BCUT2D eigenvalue weighted by atomic mass is 32.2. The molecule has 1 aliphatic rings. The number of hydrogen-bond acceptors (Lipinski definition) is 5. The van der Waals surface area contributed by atoms with Crippen LogP contribution < -0.4 is 4.72 Å². The average molecular weight is 354 g/mol. The third-order valence-electron chi connectivity index (χ3n) is 3.98. The number of carbonyl (C=O) groups excluding carboxylic acids is 1. The van der Waals surface area contributed by atoms with E-state index >= 15 is 0 Å². The lowest BCUT2D eigenvalue weighted by Gasteiger charge is -2.29. The number of hydrogen-bond donors (Lipinski definition) is 1. The SMILES string of the molecule is Cc1noc(C)c1S(=O)(=O)NC(=O)C1CCCC(C(F)(F)F)C1. The summed E-state index contributed by atoms with van der Waals surface area (Å²) < 4.78 is 69.3. The van der Waals surface area contributed by atoms with E-state index in [2.05, 4.69) is 5.16 Å². The van der Waals surface area contributed by atoms with Crippen molar-refractivity contribution < 1.29 is 30.9 Å². The van der Waals surface area contributed by atoms with Crippen LogP contribution >= 0.6 is 0 Å². The highest BCUT2D eigenvalue weighted by molar-refractivity contribution is 7.90. The molecule has 1 heterocycles. The number of amides is 1. The van der Waals surface area contributed by atoms with Crippen molar-refractivity contribution in [3.05, 3.63) is 11.5 Å². The molecular weight excluding hydrogens is 337 g/mol. The van der Waals surface area contributed by atoms with Crippen molar-refractivity contribution in [2.24, 2.45) is 11.8 Å². The fourth-order valence-electron chi connectivity index (χ4n) is 2.85. The Hall–Kier alpha value is -1.58. The molecule has 6 nitrogen and oxygen atoms in total. The summed E-state index contributed by atoms with van der Waals surface area (Å²) in [5, 5.41) is 3.49. The van der Waals surface area contributed by atoms with E-state index in [0.29, 0.717) is 0 Å². The molecule has 0 radical (unpaired) electrons. The van der Waals surface area contributed by atoms with Gasteiger partial charge in [0.25, 0.3) is 10.0 Å². The smallest absolute Gasteiger partial charge is 0.360 e. The predicted molar refractivity (Wildman–Crippen MR) is 72.8 cm³/mol. The molecule has 1 fully saturated rings. The largest absolute Gasteiger partial charge is 0.391 e. The van der Waals surface area contributed by atoms with Gasteiger partial charge in [0.1, 0.15) is 5.69 Å². The molecule has 1 saturated carbocycles. The van der Waals surface area contributed by atoms with Crippen molar-refractivity contribution >= 4 is 15.9 Å². The minimum absolute atomic E-state index is 0.0135. The number of halogens is 3. The molecule has 0 saturated heterocycles. The molecule has 10 heteroatoms. The van der Waals surface area contributed by atoms with E-state index in [1.165, 1.54) is 13.8 Å². The maximum absolute atomic E-state index is 12.8. The summed E-state index contributed by atoms with van der Waals surface area (Å²) >= 11 is 0. The fourth-order valence-corrected chi connectivity index (χ4v) is 4.23. The number of nitrogens with one attached hydrogen (secondary N) is 1. The second kappa shape index (κ2) is 6.14. The molecule has 2 atom stereocenters. The van der Waals surface area contributed by atoms with Crippen molar-refractivity contribution in [2.75, 3.05) is 0 Å². The molecule has 23 heavy (non-hydrogen) atoms. The molecule has 1 aliphatic carbocycles. The van der Waals surface area contributed by atoms with Gasteiger partial charge in [-0.3, -0.25) is 4.79 Å². The number of alkyl halides is 3. The zero-order chi connectivity index (χ0) is 17.4. The Morgan fingerprint density at radius 1 is 1.30 bits per heavy atom. The summed E-state index contributed by atoms with van der Waals surface area (Å²) in [6.45, 7) is 2.77. The summed E-state index contributed by atoms with van der Waals surface area (Å²) in [5.41, 5.74) is 0.0830. The summed E-state index contributed by atoms with van der Waals surface area (Å²) in [6, 6.07) is 0. The van der Waals surface area contributed by atoms with Gasteiger partial charge >= 0.3 is 6.18 Å². The molecule has 0 spiro atoms. The van der Waals surface area contributed by atoms with E-state index in [1.807, 2.05) is 4.72 Å². The van der Waals surface area contributed by atoms with Crippen LogP contribution in [0.3, 0.4) is 0 Å². The van der Waals surface area contributed by atoms with Crippen molar-refractivity contribution in [3.63, 3.8) is 0 Å². The maximum atomic E-state index is 12.8. The van der Waals surface area contributed by atoms with Crippen LogP contribution in [0.1, 0.15) is 37.1 Å². The van der Waals surface area contributed by atoms with Gasteiger partial charge in [-0.2, -0.15) is 13.2 Å². The quantitative estimate of drug-likeness (QED) is 0.901. The molecule has 1 aromatic rings. The van der Waals surface area contributed by atoms with E-state index in [1.54, 1.807) is 0 Å². The van der Waals surface area contributed by atoms with E-state index < -0.39 is 40.4 Å². The van der Waals surface area contributed by atoms with Crippen molar-refractivity contribution in [3.8, 4) is 0 Å². The highest BCUT2D eigenvalue weighted by Crippen LogP contribution is 2.40. The molecule has 2 rings (SSSR count). The lowest BCUT2D eigenvalue weighted by Crippen LogP contribution is -2.40. The van der Waals surface area contributed by atoms with Crippen LogP contribution in [0.5, 0.6) is 0 Å². The van der Waals surface area contributed by atoms with Gasteiger partial charge < -0.3 is 4.52 Å². The van der Waals surface area contributed by atoms with Gasteiger partial charge in [-0.1, -0.05) is 11.6 Å². The number of carbonyl (C=O) groups is 1. The average Bonchev–Trinajstić information content (AvgIpc) is 2.77. The van der Waals surface area contributed by atoms with Crippen LogP contribution in [0, 0.1) is 25.7 Å². The number of aromatic nitrogens is 1. The minimum Gasteiger partial charge on any atom is -0.360 e. The van der Waals surface area contributed by atoms with Crippen LogP contribution in [0.15, 0.2) is 9.42 Å². The second-order valence-corrected chi connectivity index (χ2v) is 7.34. The normalized spacial score (nSPS) is 22.8. The molecule has 0 bridgehead atoms. The Bertz CT molecular complexity index is 677. The van der Waals surface area contributed by atoms with E-state index in [-0.39, 0.29) is 35.6 Å². The molecule has 2 unspecified atom stereocenters. The van der Waals surface area contributed by atoms with Gasteiger partial charge in [0.05, 0.1) is 5.92 Å². The number of rotatable bonds is 3. The van der Waals surface area contributed by atoms with Gasteiger partial charge in [-0.25, -0.2) is 13.1 Å². The Kier molecular flexibility index (Phi) is 4.74. The number of aryl methyl sites for hydroxylation is 2. The summed E-state index contributed by atoms with van der Waals surface area (Å²) in [7, 11) is -4.22. The lowest BCUT2D eigenvalue weighted by molar-refractivity contribution is -0.186. The zero-order valence-corrected chi connectivity index (χ0v) is 13.4. The van der Waals surface area contributed by atoms with E-state index in [0.717, 1.165) is 0 Å². The molecule has 1 aromatic heterocycles. The van der Waals surface area contributed by atoms with Crippen molar-refractivity contribution in [1.29, 1.82) is 0 Å². The highest BCUT2D eigenvalue weighted by Gasteiger charge is 2.44. The Balaban J connectivity index is 2.13. The topological polar surface area (TPSA) is 89.3 Å². The third-order valence-corrected chi connectivity index (χ3v) is 5.57. The Morgan fingerprint density at radius 2 is 1.96 bits per heavy atom. The van der Waals surface area contributed by atoms with Gasteiger partial charge in [0, 0.05) is 5.92 Å². The number of sulfonamides is 1. The molecule has 1 amide bonds. The first-order valence-electron chi connectivity index (χ1n) is 7.08. The van der Waals surface area contributed by atoms with Gasteiger partial charge in [0.15, 0.2) is 10.7 Å². The van der Waals surface area contributed by atoms with Crippen LogP contribution in [-0.4, -0.2) is 25.7 Å². The summed E-state index contributed by atoms with van der Waals surface area (Å²) in [5.74, 6) is -3.46. The first-order valence-corrected chi connectivity index (χ1v) is 8.57. The lowest BCUT2D eigenvalue weighted by atomic mass is 9.81. The molecule has 0 aromatic carbocycles. The van der Waals surface area contributed by atoms with Crippen LogP contribution in [-0.2, 0) is 14.8 Å². The third kappa shape index (κ3) is 3.85.